The van der Waals surface area contributed by atoms with Crippen LogP contribution in [0.5, 0.6) is 0 Å². The van der Waals surface area contributed by atoms with Crippen LogP contribution in [0.1, 0.15) is 15.9 Å². The number of nitrogens with one attached hydrogen (secondary N) is 1. The lowest BCUT2D eigenvalue weighted by atomic mass is 10.2. The number of anilines is 1. The predicted molar refractivity (Wildman–Crippen MR) is 132 cm³/mol. The summed E-state index contributed by atoms with van der Waals surface area (Å²) in [5.74, 6) is -0.683. The molecule has 0 bridgehead atoms. The van der Waals surface area contributed by atoms with Gasteiger partial charge in [-0.1, -0.05) is 47.6 Å². The molecule has 12 heteroatoms. The molecule has 3 aromatic carbocycles. The second-order valence-corrected chi connectivity index (χ2v) is 11.9. The van der Waals surface area contributed by atoms with Gasteiger partial charge in [0, 0.05) is 25.4 Å². The minimum absolute atomic E-state index is 0.0144. The van der Waals surface area contributed by atoms with Crippen molar-refractivity contribution in [2.24, 2.45) is 0 Å². The Balaban J connectivity index is 1.47. The zero-order valence-corrected chi connectivity index (χ0v) is 21.0. The first kappa shape index (κ1) is 25.2. The predicted octanol–water partition coefficient (Wildman–Crippen LogP) is 3.21. The highest BCUT2D eigenvalue weighted by atomic mass is 32.2. The number of rotatable bonds is 8. The van der Waals surface area contributed by atoms with E-state index in [4.69, 9.17) is 4.42 Å². The molecule has 10 nitrogen and oxygen atoms in total. The SMILES string of the molecule is CN(Cc1ccccc1)S(=O)(=O)c1ccc(C(=O)Nc2nnc(-c3ccccc3S(C)(=O)=O)o2)cc1. The number of sulfone groups is 1. The third-order valence-corrected chi connectivity index (χ3v) is 8.21. The van der Waals surface area contributed by atoms with Crippen LogP contribution in [0.4, 0.5) is 6.01 Å². The molecule has 0 radical (unpaired) electrons. The molecule has 186 valence electrons. The average molecular weight is 527 g/mol. The van der Waals surface area contributed by atoms with Crippen LogP contribution in [0.2, 0.25) is 0 Å². The lowest BCUT2D eigenvalue weighted by Crippen LogP contribution is -2.26. The number of hydrogen-bond donors (Lipinski definition) is 1. The lowest BCUT2D eigenvalue weighted by Gasteiger charge is -2.17. The summed E-state index contributed by atoms with van der Waals surface area (Å²) >= 11 is 0. The standard InChI is InChI=1S/C24H22N4O6S2/c1-28(16-17-8-4-3-5-9-17)36(32,33)19-14-12-18(13-15-19)22(29)25-24-27-26-23(34-24)20-10-6-7-11-21(20)35(2,30)31/h3-15H,16H2,1-2H3,(H,25,27,29). The number of nitrogens with zero attached hydrogens (tertiary/aromatic N) is 3. The minimum Gasteiger partial charge on any atom is -0.403 e. The Morgan fingerprint density at radius 2 is 1.53 bits per heavy atom. The van der Waals surface area contributed by atoms with Gasteiger partial charge < -0.3 is 4.42 Å². The second kappa shape index (κ2) is 10.0. The Bertz CT molecular complexity index is 1600. The largest absolute Gasteiger partial charge is 0.403 e. The fourth-order valence-corrected chi connectivity index (χ4v) is 5.44. The molecule has 1 aromatic heterocycles. The number of sulfonamides is 1. The van der Waals surface area contributed by atoms with Crippen LogP contribution in [0.25, 0.3) is 11.5 Å². The van der Waals surface area contributed by atoms with Crippen LogP contribution in [0.3, 0.4) is 0 Å². The van der Waals surface area contributed by atoms with Gasteiger partial charge in [0.1, 0.15) is 0 Å². The van der Waals surface area contributed by atoms with Gasteiger partial charge >= 0.3 is 6.01 Å². The molecule has 4 aromatic rings. The summed E-state index contributed by atoms with van der Waals surface area (Å²) in [4.78, 5) is 12.7. The van der Waals surface area contributed by atoms with Gasteiger partial charge in [0.15, 0.2) is 9.84 Å². The number of aromatic nitrogens is 2. The van der Waals surface area contributed by atoms with Crippen molar-refractivity contribution in [3.05, 3.63) is 90.0 Å². The molecule has 0 fully saturated rings. The number of benzene rings is 3. The van der Waals surface area contributed by atoms with Crippen LogP contribution in [0.15, 0.2) is 93.1 Å². The average Bonchev–Trinajstić information content (AvgIpc) is 3.32. The van der Waals surface area contributed by atoms with E-state index in [9.17, 15) is 21.6 Å². The van der Waals surface area contributed by atoms with Gasteiger partial charge in [-0.3, -0.25) is 10.1 Å². The molecule has 36 heavy (non-hydrogen) atoms. The summed E-state index contributed by atoms with van der Waals surface area (Å²) in [6.07, 6.45) is 1.06. The molecule has 0 aliphatic rings. The molecule has 4 rings (SSSR count). The molecule has 0 saturated heterocycles. The molecule has 0 spiro atoms. The van der Waals surface area contributed by atoms with E-state index in [2.05, 4.69) is 15.5 Å². The van der Waals surface area contributed by atoms with E-state index in [1.807, 2.05) is 30.3 Å². The fourth-order valence-electron chi connectivity index (χ4n) is 3.40. The molecule has 0 atom stereocenters. The quantitative estimate of drug-likeness (QED) is 0.369. The maximum Gasteiger partial charge on any atom is 0.322 e. The summed E-state index contributed by atoms with van der Waals surface area (Å²) in [5, 5.41) is 10.0. The summed E-state index contributed by atoms with van der Waals surface area (Å²) in [5.41, 5.74) is 1.22. The summed E-state index contributed by atoms with van der Waals surface area (Å²) in [7, 11) is -5.83. The van der Waals surface area contributed by atoms with Crippen molar-refractivity contribution < 1.29 is 26.0 Å². The van der Waals surface area contributed by atoms with Crippen LogP contribution in [-0.2, 0) is 26.4 Å². The minimum atomic E-state index is -3.77. The first-order valence-electron chi connectivity index (χ1n) is 10.6. The highest BCUT2D eigenvalue weighted by Gasteiger charge is 2.22. The van der Waals surface area contributed by atoms with Crippen molar-refractivity contribution in [3.63, 3.8) is 0 Å². The van der Waals surface area contributed by atoms with Crippen molar-refractivity contribution in [2.45, 2.75) is 16.3 Å². The molecule has 1 N–H and O–H groups in total. The normalized spacial score (nSPS) is 12.0. The van der Waals surface area contributed by atoms with E-state index in [-0.39, 0.29) is 39.4 Å². The van der Waals surface area contributed by atoms with Crippen molar-refractivity contribution in [2.75, 3.05) is 18.6 Å². The van der Waals surface area contributed by atoms with Gasteiger partial charge in [-0.15, -0.1) is 5.10 Å². The van der Waals surface area contributed by atoms with E-state index in [1.165, 1.54) is 47.8 Å². The molecular formula is C24H22N4O6S2. The molecule has 0 aliphatic heterocycles. The Labute approximate surface area is 208 Å². The van der Waals surface area contributed by atoms with Crippen LogP contribution in [-0.4, -0.2) is 50.5 Å². The van der Waals surface area contributed by atoms with E-state index in [0.29, 0.717) is 0 Å². The van der Waals surface area contributed by atoms with E-state index < -0.39 is 25.8 Å². The van der Waals surface area contributed by atoms with Crippen molar-refractivity contribution in [1.82, 2.24) is 14.5 Å². The summed E-state index contributed by atoms with van der Waals surface area (Å²) in [6, 6.07) is 20.5. The van der Waals surface area contributed by atoms with Crippen LogP contribution >= 0.6 is 0 Å². The van der Waals surface area contributed by atoms with Gasteiger partial charge in [-0.25, -0.2) is 16.8 Å². The van der Waals surface area contributed by atoms with Crippen LogP contribution in [0, 0.1) is 0 Å². The topological polar surface area (TPSA) is 140 Å². The zero-order chi connectivity index (χ0) is 25.9. The lowest BCUT2D eigenvalue weighted by molar-refractivity contribution is 0.102. The monoisotopic (exact) mass is 526 g/mol. The molecule has 1 amide bonds. The molecule has 0 unspecified atom stereocenters. The Hall–Kier alpha value is -3.87. The second-order valence-electron chi connectivity index (χ2n) is 7.91. The maximum atomic E-state index is 12.9. The smallest absolute Gasteiger partial charge is 0.322 e. The van der Waals surface area contributed by atoms with Gasteiger partial charge in [-0.2, -0.15) is 4.31 Å². The molecule has 1 heterocycles. The van der Waals surface area contributed by atoms with Gasteiger partial charge in [-0.05, 0) is 42.0 Å². The Morgan fingerprint density at radius 3 is 2.19 bits per heavy atom. The Morgan fingerprint density at radius 1 is 0.889 bits per heavy atom. The number of carbonyl (C=O) groups excluding carboxylic acids is 1. The van der Waals surface area contributed by atoms with Crippen molar-refractivity contribution in [3.8, 4) is 11.5 Å². The van der Waals surface area contributed by atoms with E-state index in [1.54, 1.807) is 12.1 Å². The molecular weight excluding hydrogens is 504 g/mol. The third kappa shape index (κ3) is 5.51. The first-order valence-corrected chi connectivity index (χ1v) is 13.9. The molecule has 0 saturated carbocycles. The zero-order valence-electron chi connectivity index (χ0n) is 19.3. The first-order chi connectivity index (χ1) is 17.1. The highest BCUT2D eigenvalue weighted by molar-refractivity contribution is 7.90. The maximum absolute atomic E-state index is 12.9. The van der Waals surface area contributed by atoms with Gasteiger partial charge in [0.05, 0.1) is 15.4 Å². The van der Waals surface area contributed by atoms with Gasteiger partial charge in [0.2, 0.25) is 10.0 Å². The number of amides is 1. The fraction of sp³-hybridized carbons (Fsp3) is 0.125. The van der Waals surface area contributed by atoms with Crippen LogP contribution < -0.4 is 5.32 Å². The molecule has 0 aliphatic carbocycles. The van der Waals surface area contributed by atoms with Crippen molar-refractivity contribution >= 4 is 31.8 Å². The third-order valence-electron chi connectivity index (χ3n) is 5.24. The highest BCUT2D eigenvalue weighted by Crippen LogP contribution is 2.27. The number of carbonyl (C=O) groups is 1. The van der Waals surface area contributed by atoms with E-state index in [0.717, 1.165) is 11.8 Å². The van der Waals surface area contributed by atoms with Gasteiger partial charge in [0.25, 0.3) is 11.8 Å². The summed E-state index contributed by atoms with van der Waals surface area (Å²) < 4.78 is 56.5. The van der Waals surface area contributed by atoms with Crippen molar-refractivity contribution in [1.29, 1.82) is 0 Å². The summed E-state index contributed by atoms with van der Waals surface area (Å²) in [6.45, 7) is 0.202. The number of hydrogen-bond acceptors (Lipinski definition) is 8. The Kier molecular flexibility index (Phi) is 7.02. The van der Waals surface area contributed by atoms with E-state index >= 15 is 0 Å².